The monoisotopic (exact) mass is 235 g/mol. The van der Waals surface area contributed by atoms with Crippen molar-refractivity contribution in [2.75, 3.05) is 6.54 Å². The Morgan fingerprint density at radius 1 is 1.47 bits per heavy atom. The van der Waals surface area contributed by atoms with E-state index in [4.69, 9.17) is 0 Å². The van der Waals surface area contributed by atoms with Crippen molar-refractivity contribution >= 4 is 0 Å². The predicted octanol–water partition coefficient (Wildman–Crippen LogP) is 3.22. The van der Waals surface area contributed by atoms with Crippen molar-refractivity contribution < 1.29 is 0 Å². The fourth-order valence-corrected chi connectivity index (χ4v) is 1.95. The van der Waals surface area contributed by atoms with Crippen molar-refractivity contribution in [1.82, 2.24) is 15.1 Å². The van der Waals surface area contributed by atoms with Crippen LogP contribution in [-0.4, -0.2) is 16.3 Å². The lowest BCUT2D eigenvalue weighted by molar-refractivity contribution is 0.536. The average molecular weight is 235 g/mol. The number of hydrogen-bond donors (Lipinski definition) is 1. The van der Waals surface area contributed by atoms with E-state index in [9.17, 15) is 0 Å². The van der Waals surface area contributed by atoms with Crippen LogP contribution in [0.1, 0.15) is 51.5 Å². The van der Waals surface area contributed by atoms with Crippen molar-refractivity contribution in [3.8, 4) is 0 Å². The Hall–Kier alpha value is -1.09. The summed E-state index contributed by atoms with van der Waals surface area (Å²) in [7, 11) is 0. The number of aryl methyl sites for hydroxylation is 2. The summed E-state index contributed by atoms with van der Waals surface area (Å²) in [5.41, 5.74) is 3.69. The van der Waals surface area contributed by atoms with Crippen LogP contribution in [0.15, 0.2) is 17.7 Å². The van der Waals surface area contributed by atoms with Gasteiger partial charge < -0.3 is 5.32 Å². The van der Waals surface area contributed by atoms with Crippen molar-refractivity contribution in [1.29, 1.82) is 0 Å². The van der Waals surface area contributed by atoms with Gasteiger partial charge in [-0.05, 0) is 46.7 Å². The van der Waals surface area contributed by atoms with Gasteiger partial charge in [0.05, 0.1) is 17.4 Å². The molecule has 0 saturated heterocycles. The normalized spacial score (nSPS) is 12.5. The summed E-state index contributed by atoms with van der Waals surface area (Å²) in [4.78, 5) is 0. The summed E-state index contributed by atoms with van der Waals surface area (Å²) in [6.45, 7) is 12.6. The lowest BCUT2D eigenvalue weighted by atomic mass is 10.1. The molecular weight excluding hydrogens is 210 g/mol. The molecule has 1 rings (SSSR count). The quantitative estimate of drug-likeness (QED) is 0.767. The molecule has 0 bridgehead atoms. The predicted molar refractivity (Wildman–Crippen MR) is 73.1 cm³/mol. The van der Waals surface area contributed by atoms with Crippen molar-refractivity contribution in [2.45, 2.75) is 53.6 Å². The zero-order chi connectivity index (χ0) is 12.8. The van der Waals surface area contributed by atoms with E-state index < -0.39 is 0 Å². The molecule has 0 radical (unpaired) electrons. The van der Waals surface area contributed by atoms with Crippen LogP contribution >= 0.6 is 0 Å². The fourth-order valence-electron chi connectivity index (χ4n) is 1.95. The van der Waals surface area contributed by atoms with Crippen molar-refractivity contribution in [3.05, 3.63) is 29.1 Å². The van der Waals surface area contributed by atoms with Gasteiger partial charge in [0, 0.05) is 6.54 Å². The first-order valence-corrected chi connectivity index (χ1v) is 6.51. The van der Waals surface area contributed by atoms with Gasteiger partial charge in [-0.3, -0.25) is 4.68 Å². The number of allylic oxidation sites excluding steroid dienone is 1. The molecule has 0 amide bonds. The molecular formula is C14H25N3. The van der Waals surface area contributed by atoms with E-state index in [0.717, 1.165) is 25.2 Å². The number of nitrogens with one attached hydrogen (secondary N) is 1. The second kappa shape index (κ2) is 6.60. The molecule has 0 aromatic carbocycles. The van der Waals surface area contributed by atoms with Crippen LogP contribution in [0.3, 0.4) is 0 Å². The maximum Gasteiger partial charge on any atom is 0.0680 e. The van der Waals surface area contributed by atoms with Gasteiger partial charge in [0.15, 0.2) is 0 Å². The van der Waals surface area contributed by atoms with E-state index in [1.807, 2.05) is 0 Å². The van der Waals surface area contributed by atoms with Crippen LogP contribution in [0.4, 0.5) is 0 Å². The van der Waals surface area contributed by atoms with Gasteiger partial charge in [-0.15, -0.1) is 0 Å². The zero-order valence-corrected chi connectivity index (χ0v) is 11.7. The summed E-state index contributed by atoms with van der Waals surface area (Å²) in [6, 6.07) is 2.46. The van der Waals surface area contributed by atoms with Gasteiger partial charge in [0.2, 0.25) is 0 Å². The second-order valence-corrected chi connectivity index (χ2v) is 4.70. The van der Waals surface area contributed by atoms with Crippen LogP contribution in [-0.2, 0) is 6.54 Å². The first-order chi connectivity index (χ1) is 8.08. The molecule has 1 heterocycles. The van der Waals surface area contributed by atoms with Gasteiger partial charge in [-0.1, -0.05) is 18.6 Å². The highest BCUT2D eigenvalue weighted by Crippen LogP contribution is 2.17. The Bertz CT molecular complexity index is 373. The molecule has 3 heteroatoms. The molecule has 96 valence electrons. The number of nitrogens with zero attached hydrogens (tertiary/aromatic N) is 2. The Kier molecular flexibility index (Phi) is 5.42. The molecule has 0 spiro atoms. The van der Waals surface area contributed by atoms with Crippen LogP contribution in [0.5, 0.6) is 0 Å². The molecule has 0 aliphatic carbocycles. The number of rotatable bonds is 6. The summed E-state index contributed by atoms with van der Waals surface area (Å²) < 4.78 is 2.09. The molecule has 0 aliphatic rings. The highest BCUT2D eigenvalue weighted by Gasteiger charge is 2.13. The van der Waals surface area contributed by atoms with Gasteiger partial charge in [0.25, 0.3) is 0 Å². The minimum atomic E-state index is 0.279. The molecule has 1 atom stereocenters. The van der Waals surface area contributed by atoms with Gasteiger partial charge in [0.1, 0.15) is 0 Å². The van der Waals surface area contributed by atoms with Gasteiger partial charge in [-0.2, -0.15) is 5.10 Å². The molecule has 3 nitrogen and oxygen atoms in total. The van der Waals surface area contributed by atoms with E-state index in [2.05, 4.69) is 61.9 Å². The molecule has 1 aromatic heterocycles. The van der Waals surface area contributed by atoms with Crippen LogP contribution in [0.25, 0.3) is 0 Å². The zero-order valence-electron chi connectivity index (χ0n) is 11.7. The topological polar surface area (TPSA) is 29.9 Å². The molecule has 0 saturated carbocycles. The largest absolute Gasteiger partial charge is 0.305 e. The SMILES string of the molecule is CCCNC(C=C(C)C)c1cc(C)nn1CC. The van der Waals surface area contributed by atoms with E-state index >= 15 is 0 Å². The van der Waals surface area contributed by atoms with E-state index in [-0.39, 0.29) is 6.04 Å². The maximum absolute atomic E-state index is 4.51. The summed E-state index contributed by atoms with van der Waals surface area (Å²) >= 11 is 0. The minimum absolute atomic E-state index is 0.279. The molecule has 1 N–H and O–H groups in total. The Labute approximate surface area is 105 Å². The lowest BCUT2D eigenvalue weighted by Crippen LogP contribution is -2.23. The van der Waals surface area contributed by atoms with Crippen LogP contribution < -0.4 is 5.32 Å². The third-order valence-electron chi connectivity index (χ3n) is 2.67. The number of hydrogen-bond acceptors (Lipinski definition) is 2. The Morgan fingerprint density at radius 2 is 2.18 bits per heavy atom. The average Bonchev–Trinajstić information content (AvgIpc) is 2.65. The highest BCUT2D eigenvalue weighted by atomic mass is 15.3. The van der Waals surface area contributed by atoms with E-state index in [0.29, 0.717) is 0 Å². The standard InChI is InChI=1S/C14H25N3/c1-6-8-15-13(9-11(3)4)14-10-12(5)16-17(14)7-2/h9-10,13,15H,6-8H2,1-5H3. The Morgan fingerprint density at radius 3 is 2.71 bits per heavy atom. The molecule has 1 unspecified atom stereocenters. The molecule has 1 aromatic rings. The van der Waals surface area contributed by atoms with Crippen LogP contribution in [0.2, 0.25) is 0 Å². The van der Waals surface area contributed by atoms with E-state index in [1.54, 1.807) is 0 Å². The maximum atomic E-state index is 4.51. The van der Waals surface area contributed by atoms with Crippen molar-refractivity contribution in [2.24, 2.45) is 0 Å². The first-order valence-electron chi connectivity index (χ1n) is 6.51. The highest BCUT2D eigenvalue weighted by molar-refractivity contribution is 5.20. The second-order valence-electron chi connectivity index (χ2n) is 4.70. The minimum Gasteiger partial charge on any atom is -0.305 e. The van der Waals surface area contributed by atoms with Gasteiger partial charge in [-0.25, -0.2) is 0 Å². The fraction of sp³-hybridized carbons (Fsp3) is 0.643. The summed E-state index contributed by atoms with van der Waals surface area (Å²) in [5.74, 6) is 0. The lowest BCUT2D eigenvalue weighted by Gasteiger charge is -2.16. The third-order valence-corrected chi connectivity index (χ3v) is 2.67. The molecule has 0 fully saturated rings. The molecule has 17 heavy (non-hydrogen) atoms. The van der Waals surface area contributed by atoms with E-state index in [1.165, 1.54) is 11.3 Å². The molecule has 0 aliphatic heterocycles. The smallest absolute Gasteiger partial charge is 0.0680 e. The van der Waals surface area contributed by atoms with Crippen molar-refractivity contribution in [3.63, 3.8) is 0 Å². The van der Waals surface area contributed by atoms with Crippen LogP contribution in [0, 0.1) is 6.92 Å². The first kappa shape index (κ1) is 14.0. The third kappa shape index (κ3) is 4.00. The summed E-state index contributed by atoms with van der Waals surface area (Å²) in [6.07, 6.45) is 3.42. The summed E-state index contributed by atoms with van der Waals surface area (Å²) in [5, 5.41) is 8.08. The number of aromatic nitrogens is 2. The Balaban J connectivity index is 2.98. The van der Waals surface area contributed by atoms with Gasteiger partial charge >= 0.3 is 0 Å².